The van der Waals surface area contributed by atoms with Crippen LogP contribution in [0.4, 0.5) is 0 Å². The van der Waals surface area contributed by atoms with Crippen LogP contribution in [0, 0.1) is 11.8 Å². The fourth-order valence-corrected chi connectivity index (χ4v) is 0.471. The maximum atomic E-state index is 2.30. The summed E-state index contributed by atoms with van der Waals surface area (Å²) in [4.78, 5) is 0. The number of rotatable bonds is 2. The summed E-state index contributed by atoms with van der Waals surface area (Å²) in [5.74, 6) is 1.77. The average molecular weight is 190 g/mol. The fourth-order valence-electron chi connectivity index (χ4n) is 0.471. The van der Waals surface area contributed by atoms with Gasteiger partial charge in [0.05, 0.1) is 0 Å². The van der Waals surface area contributed by atoms with Crippen molar-refractivity contribution >= 4 is 0 Å². The molecule has 0 fully saturated rings. The van der Waals surface area contributed by atoms with Crippen molar-refractivity contribution in [2.24, 2.45) is 11.8 Å². The lowest BCUT2D eigenvalue weighted by atomic mass is 9.96. The van der Waals surface area contributed by atoms with Crippen molar-refractivity contribution in [3.8, 4) is 0 Å². The minimum Gasteiger partial charge on any atom is -0.0683 e. The molecule has 1 atom stereocenters. The quantitative estimate of drug-likeness (QED) is 0.519. The third kappa shape index (κ3) is 33.3. The van der Waals surface area contributed by atoms with E-state index in [1.807, 2.05) is 41.5 Å². The van der Waals surface area contributed by atoms with Crippen LogP contribution in [-0.2, 0) is 0 Å². The highest BCUT2D eigenvalue weighted by Gasteiger charge is 2.01. The number of hydrogen-bond donors (Lipinski definition) is 0. The molecule has 0 radical (unpaired) electrons. The highest BCUT2D eigenvalue weighted by Crippen LogP contribution is 2.11. The van der Waals surface area contributed by atoms with Gasteiger partial charge >= 0.3 is 0 Å². The van der Waals surface area contributed by atoms with Gasteiger partial charge in [-0.3, -0.25) is 0 Å². The van der Waals surface area contributed by atoms with Crippen LogP contribution >= 0.6 is 0 Å². The van der Waals surface area contributed by atoms with Gasteiger partial charge in [0.2, 0.25) is 0 Å². The lowest BCUT2D eigenvalue weighted by Crippen LogP contribution is -2.00. The summed E-state index contributed by atoms with van der Waals surface area (Å²) < 4.78 is 0. The largest absolute Gasteiger partial charge is 0.0683 e. The summed E-state index contributed by atoms with van der Waals surface area (Å²) >= 11 is 0. The molecule has 0 spiro atoms. The van der Waals surface area contributed by atoms with Gasteiger partial charge in [0, 0.05) is 0 Å². The first-order valence-corrected chi connectivity index (χ1v) is 6.18. The lowest BCUT2D eigenvalue weighted by Gasteiger charge is -2.10. The third-order valence-corrected chi connectivity index (χ3v) is 1.78. The van der Waals surface area contributed by atoms with E-state index in [1.54, 1.807) is 0 Å². The summed E-state index contributed by atoms with van der Waals surface area (Å²) in [6.07, 6.45) is 1.32. The molecular weight excluding hydrogens is 156 g/mol. The Bertz CT molecular complexity index is 37.3. The van der Waals surface area contributed by atoms with Crippen LogP contribution in [0.25, 0.3) is 0 Å². The van der Waals surface area contributed by atoms with Crippen molar-refractivity contribution in [2.75, 3.05) is 0 Å². The molecule has 0 heterocycles. The van der Waals surface area contributed by atoms with Crippen molar-refractivity contribution in [3.05, 3.63) is 0 Å². The zero-order valence-corrected chi connectivity index (χ0v) is 11.9. The molecule has 0 aromatic rings. The van der Waals surface area contributed by atoms with E-state index in [0.29, 0.717) is 0 Å². The van der Waals surface area contributed by atoms with Crippen LogP contribution in [0.5, 0.6) is 0 Å². The molecule has 0 saturated carbocycles. The Kier molecular flexibility index (Phi) is 52.7. The Hall–Kier alpha value is 0. The van der Waals surface area contributed by atoms with Gasteiger partial charge in [-0.25, -0.2) is 0 Å². The zero-order valence-electron chi connectivity index (χ0n) is 11.9. The standard InChI is InChI=1S/C7H16.3C2H6/c1-5-7(4)6(2)3;3*1-2/h6-7H,5H2,1-4H3;3*1-2H3. The van der Waals surface area contributed by atoms with Crippen LogP contribution in [0.15, 0.2) is 0 Å². The van der Waals surface area contributed by atoms with Gasteiger partial charge in [0.25, 0.3) is 0 Å². The van der Waals surface area contributed by atoms with Crippen LogP contribution in [0.3, 0.4) is 0 Å². The van der Waals surface area contributed by atoms with Crippen molar-refractivity contribution in [1.82, 2.24) is 0 Å². The summed E-state index contributed by atoms with van der Waals surface area (Å²) in [5.41, 5.74) is 0. The second-order valence-electron chi connectivity index (χ2n) is 2.63. The molecule has 1 unspecified atom stereocenters. The molecule has 0 N–H and O–H groups in total. The summed E-state index contributed by atoms with van der Waals surface area (Å²) in [6, 6.07) is 0. The fraction of sp³-hybridized carbons (Fsp3) is 1.00. The highest BCUT2D eigenvalue weighted by molar-refractivity contribution is 4.52. The molecular formula is C13H34. The Labute approximate surface area is 88.1 Å². The SMILES string of the molecule is CC.CC.CC.CCC(C)C(C)C. The van der Waals surface area contributed by atoms with Crippen LogP contribution < -0.4 is 0 Å². The smallest absolute Gasteiger partial charge is 0.0422 e. The van der Waals surface area contributed by atoms with Gasteiger partial charge in [-0.15, -0.1) is 0 Å². The van der Waals surface area contributed by atoms with Gasteiger partial charge < -0.3 is 0 Å². The Morgan fingerprint density at radius 1 is 0.692 bits per heavy atom. The minimum atomic E-state index is 0.866. The molecule has 0 aliphatic heterocycles. The van der Waals surface area contributed by atoms with E-state index in [9.17, 15) is 0 Å². The van der Waals surface area contributed by atoms with E-state index in [0.717, 1.165) is 11.8 Å². The molecule has 0 aliphatic rings. The maximum Gasteiger partial charge on any atom is -0.0422 e. The zero-order chi connectivity index (χ0) is 11.9. The molecule has 86 valence electrons. The lowest BCUT2D eigenvalue weighted by molar-refractivity contribution is 0.407. The van der Waals surface area contributed by atoms with Crippen LogP contribution in [-0.4, -0.2) is 0 Å². The highest BCUT2D eigenvalue weighted by atomic mass is 14.1. The third-order valence-electron chi connectivity index (χ3n) is 1.78. The molecule has 0 bridgehead atoms. The Morgan fingerprint density at radius 2 is 0.923 bits per heavy atom. The second-order valence-corrected chi connectivity index (χ2v) is 2.63. The first kappa shape index (κ1) is 23.1. The summed E-state index contributed by atoms with van der Waals surface area (Å²) in [7, 11) is 0. The van der Waals surface area contributed by atoms with Gasteiger partial charge in [-0.05, 0) is 11.8 Å². The second kappa shape index (κ2) is 29.6. The van der Waals surface area contributed by atoms with Crippen molar-refractivity contribution in [1.29, 1.82) is 0 Å². The van der Waals surface area contributed by atoms with E-state index >= 15 is 0 Å². The van der Waals surface area contributed by atoms with Crippen LogP contribution in [0.1, 0.15) is 75.7 Å². The molecule has 0 amide bonds. The normalized spacial score (nSPS) is 9.46. The van der Waals surface area contributed by atoms with Gasteiger partial charge in [-0.2, -0.15) is 0 Å². The molecule has 0 saturated heterocycles. The summed E-state index contributed by atoms with van der Waals surface area (Å²) in [5, 5.41) is 0. The predicted octanol–water partition coefficient (Wildman–Crippen LogP) is 5.77. The molecule has 0 aliphatic carbocycles. The van der Waals surface area contributed by atoms with E-state index in [-0.39, 0.29) is 0 Å². The molecule has 13 heavy (non-hydrogen) atoms. The van der Waals surface area contributed by atoms with Gasteiger partial charge in [0.15, 0.2) is 0 Å². The van der Waals surface area contributed by atoms with Gasteiger partial charge in [0.1, 0.15) is 0 Å². The van der Waals surface area contributed by atoms with Crippen LogP contribution in [0.2, 0.25) is 0 Å². The van der Waals surface area contributed by atoms with E-state index in [2.05, 4.69) is 27.7 Å². The minimum absolute atomic E-state index is 0.866. The van der Waals surface area contributed by atoms with Crippen molar-refractivity contribution in [3.63, 3.8) is 0 Å². The first-order valence-electron chi connectivity index (χ1n) is 6.18. The molecule has 0 nitrogen and oxygen atoms in total. The molecule has 0 rings (SSSR count). The van der Waals surface area contributed by atoms with Crippen molar-refractivity contribution in [2.45, 2.75) is 75.7 Å². The average Bonchev–Trinajstić information content (AvgIpc) is 2.25. The Morgan fingerprint density at radius 3 is 0.923 bits per heavy atom. The van der Waals surface area contributed by atoms with E-state index in [4.69, 9.17) is 0 Å². The predicted molar refractivity (Wildman–Crippen MR) is 68.3 cm³/mol. The van der Waals surface area contributed by atoms with E-state index in [1.165, 1.54) is 6.42 Å². The van der Waals surface area contributed by atoms with Crippen molar-refractivity contribution < 1.29 is 0 Å². The summed E-state index contributed by atoms with van der Waals surface area (Å²) in [6.45, 7) is 21.1. The maximum absolute atomic E-state index is 2.30. The van der Waals surface area contributed by atoms with E-state index < -0.39 is 0 Å². The topological polar surface area (TPSA) is 0 Å². The first-order chi connectivity index (χ1) is 6.18. The molecule has 0 heteroatoms. The molecule has 0 aromatic heterocycles. The van der Waals surface area contributed by atoms with Gasteiger partial charge in [-0.1, -0.05) is 75.7 Å². The monoisotopic (exact) mass is 190 g/mol. The molecule has 0 aromatic carbocycles. The number of hydrogen-bond acceptors (Lipinski definition) is 0. The Balaban J connectivity index is -0.0000000573.